The van der Waals surface area contributed by atoms with Gasteiger partial charge in [0.1, 0.15) is 5.76 Å². The predicted molar refractivity (Wildman–Crippen MR) is 70.1 cm³/mol. The Balaban J connectivity index is 2.04. The molecule has 1 heterocycles. The summed E-state index contributed by atoms with van der Waals surface area (Å²) in [5.41, 5.74) is 2.12. The minimum atomic E-state index is -1.16. The molecule has 2 rings (SSSR count). The SMILES string of the molecule is CC1=C(C)C[C@@H](C(=O)[O-])[C@@H](C(=O)NCc2ccco2)C1. The van der Waals surface area contributed by atoms with E-state index in [0.717, 1.165) is 11.1 Å². The fourth-order valence-electron chi connectivity index (χ4n) is 2.53. The molecule has 0 spiro atoms. The third kappa shape index (κ3) is 3.10. The van der Waals surface area contributed by atoms with Crippen LogP contribution in [0.2, 0.25) is 0 Å². The van der Waals surface area contributed by atoms with Crippen molar-refractivity contribution in [3.8, 4) is 0 Å². The van der Waals surface area contributed by atoms with E-state index in [1.165, 1.54) is 6.26 Å². The number of carbonyl (C=O) groups is 2. The first kappa shape index (κ1) is 14.4. The van der Waals surface area contributed by atoms with Gasteiger partial charge in [-0.05, 0) is 38.8 Å². The zero-order valence-corrected chi connectivity index (χ0v) is 11.6. The van der Waals surface area contributed by atoms with Crippen LogP contribution in [0.3, 0.4) is 0 Å². The minimum absolute atomic E-state index is 0.262. The number of hydrogen-bond acceptors (Lipinski definition) is 4. The van der Waals surface area contributed by atoms with E-state index in [9.17, 15) is 14.7 Å². The molecule has 1 aromatic rings. The Kier molecular flexibility index (Phi) is 4.27. The first-order chi connectivity index (χ1) is 9.49. The summed E-state index contributed by atoms with van der Waals surface area (Å²) >= 11 is 0. The van der Waals surface area contributed by atoms with Gasteiger partial charge in [-0.2, -0.15) is 0 Å². The van der Waals surface area contributed by atoms with Gasteiger partial charge in [-0.15, -0.1) is 0 Å². The Labute approximate surface area is 117 Å². The fourth-order valence-corrected chi connectivity index (χ4v) is 2.53. The van der Waals surface area contributed by atoms with Gasteiger partial charge in [0.05, 0.1) is 12.8 Å². The van der Waals surface area contributed by atoms with Gasteiger partial charge >= 0.3 is 0 Å². The summed E-state index contributed by atoms with van der Waals surface area (Å²) in [6.45, 7) is 4.11. The first-order valence-electron chi connectivity index (χ1n) is 6.65. The van der Waals surface area contributed by atoms with Crippen molar-refractivity contribution in [2.75, 3.05) is 0 Å². The maximum absolute atomic E-state index is 12.2. The molecule has 0 aromatic carbocycles. The molecule has 1 N–H and O–H groups in total. The molecule has 1 amide bonds. The van der Waals surface area contributed by atoms with E-state index in [1.807, 2.05) is 13.8 Å². The molecule has 2 atom stereocenters. The van der Waals surface area contributed by atoms with Crippen molar-refractivity contribution in [1.29, 1.82) is 0 Å². The van der Waals surface area contributed by atoms with Gasteiger partial charge in [-0.3, -0.25) is 4.79 Å². The van der Waals surface area contributed by atoms with E-state index in [0.29, 0.717) is 18.6 Å². The maximum atomic E-state index is 12.2. The Morgan fingerprint density at radius 1 is 1.30 bits per heavy atom. The zero-order chi connectivity index (χ0) is 14.7. The summed E-state index contributed by atoms with van der Waals surface area (Å²) in [7, 11) is 0. The number of hydrogen-bond donors (Lipinski definition) is 1. The number of furan rings is 1. The summed E-state index contributed by atoms with van der Waals surface area (Å²) in [6.07, 6.45) is 2.38. The van der Waals surface area contributed by atoms with Crippen LogP contribution < -0.4 is 10.4 Å². The molecule has 5 nitrogen and oxygen atoms in total. The van der Waals surface area contributed by atoms with Crippen LogP contribution in [0.5, 0.6) is 0 Å². The van der Waals surface area contributed by atoms with Crippen LogP contribution in [0.1, 0.15) is 32.4 Å². The van der Waals surface area contributed by atoms with Gasteiger partial charge in [0.25, 0.3) is 0 Å². The smallest absolute Gasteiger partial charge is 0.224 e. The third-order valence-electron chi connectivity index (χ3n) is 3.92. The zero-order valence-electron chi connectivity index (χ0n) is 11.6. The Morgan fingerprint density at radius 2 is 1.95 bits per heavy atom. The lowest BCUT2D eigenvalue weighted by Gasteiger charge is -2.32. The lowest BCUT2D eigenvalue weighted by Crippen LogP contribution is -2.44. The molecule has 20 heavy (non-hydrogen) atoms. The second kappa shape index (κ2) is 5.94. The quantitative estimate of drug-likeness (QED) is 0.832. The Bertz CT molecular complexity index is 530. The molecule has 5 heteroatoms. The summed E-state index contributed by atoms with van der Waals surface area (Å²) in [6, 6.07) is 3.50. The highest BCUT2D eigenvalue weighted by Gasteiger charge is 2.33. The second-order valence-corrected chi connectivity index (χ2v) is 5.30. The van der Waals surface area contributed by atoms with Gasteiger partial charge in [-0.1, -0.05) is 11.1 Å². The van der Waals surface area contributed by atoms with Crippen LogP contribution in [0.25, 0.3) is 0 Å². The molecule has 0 saturated carbocycles. The average molecular weight is 276 g/mol. The molecule has 1 aliphatic carbocycles. The standard InChI is InChI=1S/C15H19NO4/c1-9-6-12(13(15(18)19)7-10(9)2)14(17)16-8-11-4-3-5-20-11/h3-5,12-13H,6-8H2,1-2H3,(H,16,17)(H,18,19)/p-1/t12-,13+/m0/s1. The Hall–Kier alpha value is -2.04. The molecule has 0 unspecified atom stereocenters. The number of carboxylic acids is 1. The van der Waals surface area contributed by atoms with Gasteiger partial charge in [-0.25, -0.2) is 0 Å². The van der Waals surface area contributed by atoms with Crippen LogP contribution in [-0.4, -0.2) is 11.9 Å². The number of aliphatic carboxylic acids is 1. The predicted octanol–water partition coefficient (Wildman–Crippen LogP) is 1.01. The molecule has 0 aliphatic heterocycles. The number of amides is 1. The van der Waals surface area contributed by atoms with Crippen LogP contribution in [-0.2, 0) is 16.1 Å². The highest BCUT2D eigenvalue weighted by Crippen LogP contribution is 2.33. The fraction of sp³-hybridized carbons (Fsp3) is 0.467. The molecular weight excluding hydrogens is 258 g/mol. The third-order valence-corrected chi connectivity index (χ3v) is 3.92. The normalized spacial score (nSPS) is 22.7. The van der Waals surface area contributed by atoms with E-state index in [2.05, 4.69) is 5.32 Å². The molecular formula is C15H18NO4-. The van der Waals surface area contributed by atoms with Gasteiger partial charge in [0, 0.05) is 17.8 Å². The van der Waals surface area contributed by atoms with Crippen molar-refractivity contribution in [3.63, 3.8) is 0 Å². The number of allylic oxidation sites excluding steroid dienone is 2. The van der Waals surface area contributed by atoms with E-state index in [1.54, 1.807) is 12.1 Å². The molecule has 1 aliphatic rings. The molecule has 0 bridgehead atoms. The summed E-state index contributed by atoms with van der Waals surface area (Å²) in [5.74, 6) is -2.10. The van der Waals surface area contributed by atoms with Crippen LogP contribution >= 0.6 is 0 Å². The number of rotatable bonds is 4. The summed E-state index contributed by atoms with van der Waals surface area (Å²) in [4.78, 5) is 23.4. The summed E-state index contributed by atoms with van der Waals surface area (Å²) < 4.78 is 5.13. The minimum Gasteiger partial charge on any atom is -0.550 e. The lowest BCUT2D eigenvalue weighted by molar-refractivity contribution is -0.313. The number of carbonyl (C=O) groups excluding carboxylic acids is 2. The van der Waals surface area contributed by atoms with E-state index in [-0.39, 0.29) is 12.5 Å². The highest BCUT2D eigenvalue weighted by atomic mass is 16.4. The van der Waals surface area contributed by atoms with Gasteiger partial charge in [0.2, 0.25) is 5.91 Å². The average Bonchev–Trinajstić information content (AvgIpc) is 2.91. The van der Waals surface area contributed by atoms with E-state index in [4.69, 9.17) is 4.42 Å². The first-order valence-corrected chi connectivity index (χ1v) is 6.65. The number of nitrogens with one attached hydrogen (secondary N) is 1. The van der Waals surface area contributed by atoms with Crippen molar-refractivity contribution in [3.05, 3.63) is 35.3 Å². The van der Waals surface area contributed by atoms with Crippen LogP contribution in [0.4, 0.5) is 0 Å². The molecule has 108 valence electrons. The second-order valence-electron chi connectivity index (χ2n) is 5.30. The monoisotopic (exact) mass is 276 g/mol. The summed E-state index contributed by atoms with van der Waals surface area (Å²) in [5, 5.41) is 14.0. The lowest BCUT2D eigenvalue weighted by atomic mass is 9.76. The maximum Gasteiger partial charge on any atom is 0.224 e. The molecule has 1 aromatic heterocycles. The number of carboxylic acid groups (broad SMARTS) is 1. The highest BCUT2D eigenvalue weighted by molar-refractivity contribution is 5.85. The molecule has 0 fully saturated rings. The van der Waals surface area contributed by atoms with Crippen molar-refractivity contribution < 1.29 is 19.1 Å². The van der Waals surface area contributed by atoms with Crippen molar-refractivity contribution >= 4 is 11.9 Å². The molecule has 0 radical (unpaired) electrons. The van der Waals surface area contributed by atoms with Crippen LogP contribution in [0, 0.1) is 11.8 Å². The van der Waals surface area contributed by atoms with Crippen LogP contribution in [0.15, 0.2) is 34.0 Å². The van der Waals surface area contributed by atoms with E-state index >= 15 is 0 Å². The van der Waals surface area contributed by atoms with Gasteiger partial charge < -0.3 is 19.6 Å². The Morgan fingerprint density at radius 3 is 2.50 bits per heavy atom. The van der Waals surface area contributed by atoms with Crippen molar-refractivity contribution in [1.82, 2.24) is 5.32 Å². The topological polar surface area (TPSA) is 82.4 Å². The van der Waals surface area contributed by atoms with Gasteiger partial charge in [0.15, 0.2) is 0 Å². The molecule has 0 saturated heterocycles. The van der Waals surface area contributed by atoms with Crippen molar-refractivity contribution in [2.45, 2.75) is 33.2 Å². The largest absolute Gasteiger partial charge is 0.550 e. The van der Waals surface area contributed by atoms with E-state index < -0.39 is 17.8 Å². The van der Waals surface area contributed by atoms with Crippen molar-refractivity contribution in [2.24, 2.45) is 11.8 Å².